The van der Waals surface area contributed by atoms with Crippen LogP contribution in [0.15, 0.2) is 57.6 Å². The van der Waals surface area contributed by atoms with Crippen molar-refractivity contribution in [2.45, 2.75) is 19.2 Å². The summed E-state index contributed by atoms with van der Waals surface area (Å²) in [5.41, 5.74) is 0.964. The van der Waals surface area contributed by atoms with Crippen LogP contribution in [0, 0.1) is 6.92 Å². The molecule has 0 aromatic heterocycles. The molecule has 0 spiro atoms. The number of hydrogen-bond donors (Lipinski definition) is 4. The van der Waals surface area contributed by atoms with Gasteiger partial charge in [-0.2, -0.15) is 13.5 Å². The summed E-state index contributed by atoms with van der Waals surface area (Å²) in [5, 5.41) is 24.5. The van der Waals surface area contributed by atoms with Crippen molar-refractivity contribution in [3.8, 4) is 5.75 Å². The highest BCUT2D eigenvalue weighted by Gasteiger charge is 2.23. The quantitative estimate of drug-likeness (QED) is 0.165. The number of sulfone groups is 1. The molecule has 14 heteroatoms. The smallest absolute Gasteiger partial charge is 0.296 e. The van der Waals surface area contributed by atoms with Crippen molar-refractivity contribution in [1.29, 1.82) is 0 Å². The summed E-state index contributed by atoms with van der Waals surface area (Å²) in [6.07, 6.45) is 0. The van der Waals surface area contributed by atoms with Crippen molar-refractivity contribution in [2.75, 3.05) is 29.9 Å². The van der Waals surface area contributed by atoms with E-state index < -0.39 is 48.1 Å². The highest BCUT2D eigenvalue weighted by Crippen LogP contribution is 2.44. The van der Waals surface area contributed by atoms with Crippen LogP contribution in [0.1, 0.15) is 23.3 Å². The fraction of sp³-hybridized carbons (Fsp3) is 0.261. The fourth-order valence-electron chi connectivity index (χ4n) is 3.41. The molecule has 0 radical (unpaired) electrons. The van der Waals surface area contributed by atoms with Crippen molar-refractivity contribution in [3.05, 3.63) is 53.6 Å². The van der Waals surface area contributed by atoms with Gasteiger partial charge in [-0.1, -0.05) is 19.6 Å². The SMILES string of the molecule is C.CNc1cc(C)cc2cc(S(=O)(=O)O)c(N=Nc3cccc(C(=O)NCS(=O)(=O)CCCl)c3)c(O)c12. The first-order valence-electron chi connectivity index (χ1n) is 10.4. The van der Waals surface area contributed by atoms with Crippen molar-refractivity contribution < 1.29 is 31.3 Å². The van der Waals surface area contributed by atoms with Gasteiger partial charge in [0.15, 0.2) is 15.6 Å². The molecule has 3 aromatic carbocycles. The van der Waals surface area contributed by atoms with Gasteiger partial charge in [-0.05, 0) is 48.2 Å². The summed E-state index contributed by atoms with van der Waals surface area (Å²) >= 11 is 5.44. The monoisotopic (exact) mass is 570 g/mol. The number of azo groups is 1. The predicted octanol–water partition coefficient (Wildman–Crippen LogP) is 4.53. The van der Waals surface area contributed by atoms with Crippen LogP contribution < -0.4 is 10.6 Å². The molecule has 0 aliphatic rings. The Balaban J connectivity index is 0.00000481. The maximum absolute atomic E-state index is 12.4. The molecule has 0 unspecified atom stereocenters. The summed E-state index contributed by atoms with van der Waals surface area (Å²) in [5.74, 6) is -2.20. The zero-order valence-corrected chi connectivity index (χ0v) is 21.6. The standard InChI is InChI=1S/C22H23ClN4O7S2.CH4/c1-13-8-15-11-18(36(32,33)34)20(21(28)19(15)17(9-13)24-2)27-26-16-5-3-4-14(10-16)22(29)25-12-35(30,31)7-6-23;/h3-5,8-11,24,28H,6-7,12H2,1-2H3,(H,25,29)(H,32,33,34);1H4. The fourth-order valence-corrected chi connectivity index (χ4v) is 5.51. The summed E-state index contributed by atoms with van der Waals surface area (Å²) in [6, 6.07) is 10.2. The third-order valence-electron chi connectivity index (χ3n) is 5.06. The Kier molecular flexibility index (Phi) is 9.60. The van der Waals surface area contributed by atoms with Gasteiger partial charge >= 0.3 is 0 Å². The van der Waals surface area contributed by atoms with Gasteiger partial charge in [0.25, 0.3) is 16.0 Å². The summed E-state index contributed by atoms with van der Waals surface area (Å²) in [4.78, 5) is 11.7. The first kappa shape index (κ1) is 30.0. The number of carbonyl (C=O) groups is 1. The number of aryl methyl sites for hydroxylation is 1. The van der Waals surface area contributed by atoms with Crippen LogP contribution in [-0.4, -0.2) is 57.0 Å². The summed E-state index contributed by atoms with van der Waals surface area (Å²) < 4.78 is 57.4. The second-order valence-electron chi connectivity index (χ2n) is 7.74. The van der Waals surface area contributed by atoms with E-state index in [9.17, 15) is 31.3 Å². The Morgan fingerprint density at radius 2 is 1.78 bits per heavy atom. The lowest BCUT2D eigenvalue weighted by atomic mass is 10.0. The molecule has 37 heavy (non-hydrogen) atoms. The largest absolute Gasteiger partial charge is 0.505 e. The Hall–Kier alpha value is -3.26. The van der Waals surface area contributed by atoms with Crippen LogP contribution >= 0.6 is 11.6 Å². The van der Waals surface area contributed by atoms with Crippen molar-refractivity contribution >= 4 is 65.3 Å². The van der Waals surface area contributed by atoms with Crippen LogP contribution in [0.4, 0.5) is 17.1 Å². The molecule has 0 aliphatic heterocycles. The van der Waals surface area contributed by atoms with Gasteiger partial charge in [-0.15, -0.1) is 16.7 Å². The number of carbonyl (C=O) groups excluding carboxylic acids is 1. The van der Waals surface area contributed by atoms with Crippen molar-refractivity contribution in [1.82, 2.24) is 5.32 Å². The number of benzene rings is 3. The Labute approximate surface area is 220 Å². The lowest BCUT2D eigenvalue weighted by Crippen LogP contribution is -2.31. The number of hydrogen-bond acceptors (Lipinski definition) is 9. The van der Waals surface area contributed by atoms with Crippen LogP contribution in [0.25, 0.3) is 10.8 Å². The molecule has 3 rings (SSSR count). The van der Waals surface area contributed by atoms with Crippen molar-refractivity contribution in [3.63, 3.8) is 0 Å². The number of nitrogens with one attached hydrogen (secondary N) is 2. The van der Waals surface area contributed by atoms with Gasteiger partial charge in [0, 0.05) is 29.6 Å². The molecule has 11 nitrogen and oxygen atoms in total. The molecule has 0 heterocycles. The summed E-state index contributed by atoms with van der Waals surface area (Å²) in [7, 11) is -6.73. The number of nitrogens with zero attached hydrogens (tertiary/aromatic N) is 2. The van der Waals surface area contributed by atoms with E-state index >= 15 is 0 Å². The Morgan fingerprint density at radius 3 is 2.41 bits per heavy atom. The number of phenols is 1. The maximum atomic E-state index is 12.4. The number of halogens is 1. The third-order valence-corrected chi connectivity index (χ3v) is 7.75. The predicted molar refractivity (Wildman–Crippen MR) is 144 cm³/mol. The van der Waals surface area contributed by atoms with Crippen LogP contribution in [-0.2, 0) is 20.0 Å². The Morgan fingerprint density at radius 1 is 1.08 bits per heavy atom. The van der Waals surface area contributed by atoms with Crippen molar-refractivity contribution in [2.24, 2.45) is 10.2 Å². The van der Waals surface area contributed by atoms with E-state index in [2.05, 4.69) is 20.9 Å². The molecule has 0 bridgehead atoms. The van der Waals surface area contributed by atoms with E-state index in [4.69, 9.17) is 11.6 Å². The lowest BCUT2D eigenvalue weighted by molar-refractivity contribution is 0.0960. The van der Waals surface area contributed by atoms with Gasteiger partial charge in [0.05, 0.1) is 11.4 Å². The minimum absolute atomic E-state index is 0. The molecule has 0 saturated carbocycles. The normalized spacial score (nSPS) is 11.9. The van der Waals surface area contributed by atoms with E-state index in [-0.39, 0.29) is 35.7 Å². The van der Waals surface area contributed by atoms with E-state index in [1.54, 1.807) is 26.1 Å². The Bertz CT molecular complexity index is 1570. The average molecular weight is 571 g/mol. The van der Waals surface area contributed by atoms with E-state index in [0.29, 0.717) is 11.1 Å². The van der Waals surface area contributed by atoms with Gasteiger partial charge in [0.2, 0.25) is 0 Å². The molecule has 3 aromatic rings. The molecular formula is C23H27ClN4O7S2. The molecule has 4 N–H and O–H groups in total. The van der Waals surface area contributed by atoms with Gasteiger partial charge < -0.3 is 15.7 Å². The topological polar surface area (TPSA) is 175 Å². The van der Waals surface area contributed by atoms with Crippen LogP contribution in [0.2, 0.25) is 0 Å². The van der Waals surface area contributed by atoms with Gasteiger partial charge in [0.1, 0.15) is 16.5 Å². The second-order valence-corrected chi connectivity index (χ2v) is 11.7. The van der Waals surface area contributed by atoms with Gasteiger partial charge in [-0.25, -0.2) is 8.42 Å². The zero-order valence-electron chi connectivity index (χ0n) is 19.2. The first-order valence-corrected chi connectivity index (χ1v) is 14.2. The number of phenolic OH excluding ortho intramolecular Hbond substituents is 1. The maximum Gasteiger partial charge on any atom is 0.296 e. The second kappa shape index (κ2) is 11.9. The number of rotatable bonds is 9. The third kappa shape index (κ3) is 7.16. The number of fused-ring (bicyclic) bond motifs is 1. The highest BCUT2D eigenvalue weighted by atomic mass is 35.5. The minimum atomic E-state index is -4.80. The molecule has 0 saturated heterocycles. The average Bonchev–Trinajstić information content (AvgIpc) is 2.80. The molecule has 0 aliphatic carbocycles. The number of amides is 1. The zero-order chi connectivity index (χ0) is 26.7. The first-order chi connectivity index (χ1) is 16.9. The van der Waals surface area contributed by atoms with E-state index in [0.717, 1.165) is 5.56 Å². The molecule has 1 amide bonds. The lowest BCUT2D eigenvalue weighted by Gasteiger charge is -2.13. The summed E-state index contributed by atoms with van der Waals surface area (Å²) in [6.45, 7) is 1.79. The number of alkyl halides is 1. The number of anilines is 1. The molecule has 0 atom stereocenters. The molecular weight excluding hydrogens is 544 g/mol. The molecule has 200 valence electrons. The van der Waals surface area contributed by atoms with Crippen LogP contribution in [0.5, 0.6) is 5.75 Å². The van der Waals surface area contributed by atoms with E-state index in [1.807, 2.05) is 0 Å². The minimum Gasteiger partial charge on any atom is -0.505 e. The highest BCUT2D eigenvalue weighted by molar-refractivity contribution is 7.91. The number of aromatic hydroxyl groups is 1. The molecule has 0 fully saturated rings. The van der Waals surface area contributed by atoms with E-state index in [1.165, 1.54) is 30.3 Å². The van der Waals surface area contributed by atoms with Gasteiger partial charge in [-0.3, -0.25) is 9.35 Å². The van der Waals surface area contributed by atoms with Crippen LogP contribution in [0.3, 0.4) is 0 Å².